The van der Waals surface area contributed by atoms with Gasteiger partial charge in [-0.2, -0.15) is 0 Å². The molecule has 0 unspecified atom stereocenters. The topological polar surface area (TPSA) is 254 Å². The molecule has 120 valence electrons. The van der Waals surface area contributed by atoms with Crippen LogP contribution in [0.4, 0.5) is 0 Å². The molecular weight excluding hydrogens is 266 g/mol. The van der Waals surface area contributed by atoms with Crippen molar-refractivity contribution in [2.75, 3.05) is 0 Å². The van der Waals surface area contributed by atoms with Gasteiger partial charge < -0.3 is 38.9 Å². The van der Waals surface area contributed by atoms with Gasteiger partial charge in [-0.15, -0.1) is 0 Å². The van der Waals surface area contributed by atoms with Gasteiger partial charge in [0, 0.05) is 27.7 Å². The summed E-state index contributed by atoms with van der Waals surface area (Å²) in [4.78, 5) is 36.0. The molecule has 13 N–H and O–H groups in total. The summed E-state index contributed by atoms with van der Waals surface area (Å²) in [6.45, 7) is 4.33. The largest absolute Gasteiger partial charge is 0.481 e. The molecule has 0 aliphatic carbocycles. The fraction of sp³-hybridized carbons (Fsp3) is 0.500. The summed E-state index contributed by atoms with van der Waals surface area (Å²) in [5.74, 6) is -3.33. The predicted octanol–water partition coefficient (Wildman–Crippen LogP) is 0.850. The molecule has 0 rings (SSSR count). The summed E-state index contributed by atoms with van der Waals surface area (Å²) in [5.41, 5.74) is 0. The molecule has 0 radical (unpaired) electrons. The number of rotatable bonds is 0. The molecule has 0 aliphatic rings. The molecule has 0 spiro atoms. The third-order valence-corrected chi connectivity index (χ3v) is 0. The minimum atomic E-state index is -0.833. The second-order valence-corrected chi connectivity index (χ2v) is 2.08. The van der Waals surface area contributed by atoms with E-state index < -0.39 is 23.9 Å². The Labute approximate surface area is 111 Å². The van der Waals surface area contributed by atoms with Gasteiger partial charge in [-0.1, -0.05) is 0 Å². The molecule has 0 heterocycles. The number of hydrogen-bond donors (Lipinski definition) is 7. The Morgan fingerprint density at radius 1 is 0.474 bits per heavy atom. The molecule has 0 saturated heterocycles. The van der Waals surface area contributed by atoms with Crippen molar-refractivity contribution in [2.24, 2.45) is 0 Å². The molecule has 0 amide bonds. The Hall–Kier alpha value is -2.24. The van der Waals surface area contributed by atoms with Gasteiger partial charge in [0.05, 0.1) is 0 Å². The fourth-order valence-electron chi connectivity index (χ4n) is 0. The zero-order valence-electron chi connectivity index (χ0n) is 11.5. The third kappa shape index (κ3) is 595. The van der Waals surface area contributed by atoms with Crippen molar-refractivity contribution >= 4 is 23.9 Å². The molecule has 0 saturated carbocycles. The highest BCUT2D eigenvalue weighted by Crippen LogP contribution is 1.43. The van der Waals surface area contributed by atoms with Crippen LogP contribution in [-0.2, 0) is 19.2 Å². The first-order chi connectivity index (χ1) is 6.93. The lowest BCUT2D eigenvalue weighted by molar-refractivity contribution is -0.135. The SMILES string of the molecule is CC(=O)O.CC(=O)O.CC(=O)O.CC(=O)O.N.N.N. The van der Waals surface area contributed by atoms with Crippen molar-refractivity contribution in [3.05, 3.63) is 0 Å². The normalized spacial score (nSPS) is 5.26. The summed E-state index contributed by atoms with van der Waals surface area (Å²) < 4.78 is 0. The second-order valence-electron chi connectivity index (χ2n) is 2.08. The Morgan fingerprint density at radius 2 is 0.474 bits per heavy atom. The highest BCUT2D eigenvalue weighted by molar-refractivity contribution is 5.63. The predicted molar refractivity (Wildman–Crippen MR) is 68.3 cm³/mol. The van der Waals surface area contributed by atoms with Crippen LogP contribution in [0.3, 0.4) is 0 Å². The van der Waals surface area contributed by atoms with Gasteiger partial charge >= 0.3 is 0 Å². The van der Waals surface area contributed by atoms with Crippen LogP contribution in [0, 0.1) is 0 Å². The van der Waals surface area contributed by atoms with Crippen LogP contribution in [-0.4, -0.2) is 44.3 Å². The van der Waals surface area contributed by atoms with Gasteiger partial charge in [-0.05, 0) is 0 Å². The first-order valence-electron chi connectivity index (χ1n) is 3.71. The smallest absolute Gasteiger partial charge is 0.300 e. The van der Waals surface area contributed by atoms with Gasteiger partial charge in [-0.3, -0.25) is 19.2 Å². The average Bonchev–Trinajstić information content (AvgIpc) is 1.76. The quantitative estimate of drug-likeness (QED) is 0.329. The van der Waals surface area contributed by atoms with Crippen LogP contribution in [0.25, 0.3) is 0 Å². The van der Waals surface area contributed by atoms with E-state index in [4.69, 9.17) is 39.6 Å². The van der Waals surface area contributed by atoms with Gasteiger partial charge in [-0.25, -0.2) is 0 Å². The molecule has 0 fully saturated rings. The zero-order chi connectivity index (χ0) is 14.3. The van der Waals surface area contributed by atoms with Crippen LogP contribution >= 0.6 is 0 Å². The summed E-state index contributed by atoms with van der Waals surface area (Å²) in [5, 5.41) is 29.7. The maximum atomic E-state index is 9.00. The third-order valence-electron chi connectivity index (χ3n) is 0. The highest BCUT2D eigenvalue weighted by Gasteiger charge is 1.66. The molecule has 19 heavy (non-hydrogen) atoms. The summed E-state index contributed by atoms with van der Waals surface area (Å²) >= 11 is 0. The van der Waals surface area contributed by atoms with Gasteiger partial charge in [0.1, 0.15) is 0 Å². The van der Waals surface area contributed by atoms with Crippen molar-refractivity contribution in [1.82, 2.24) is 18.5 Å². The van der Waals surface area contributed by atoms with Crippen molar-refractivity contribution in [3.8, 4) is 0 Å². The average molecular weight is 291 g/mol. The summed E-state index contributed by atoms with van der Waals surface area (Å²) in [7, 11) is 0. The Kier molecular flexibility index (Phi) is 82.9. The van der Waals surface area contributed by atoms with E-state index in [0.717, 1.165) is 27.7 Å². The molecule has 11 heteroatoms. The van der Waals surface area contributed by atoms with E-state index >= 15 is 0 Å². The van der Waals surface area contributed by atoms with E-state index in [-0.39, 0.29) is 18.5 Å². The van der Waals surface area contributed by atoms with Gasteiger partial charge in [0.25, 0.3) is 23.9 Å². The van der Waals surface area contributed by atoms with Crippen molar-refractivity contribution in [3.63, 3.8) is 0 Å². The highest BCUT2D eigenvalue weighted by atomic mass is 16.4. The lowest BCUT2D eigenvalue weighted by atomic mass is 10.9. The number of carboxylic acid groups (broad SMARTS) is 4. The van der Waals surface area contributed by atoms with Crippen LogP contribution in [0.2, 0.25) is 0 Å². The van der Waals surface area contributed by atoms with Gasteiger partial charge in [0.15, 0.2) is 0 Å². The second kappa shape index (κ2) is 36.0. The Balaban J connectivity index is -0.0000000192. The molecule has 0 aromatic rings. The molecular formula is C8H25N3O8. The number of carboxylic acids is 4. The monoisotopic (exact) mass is 291 g/mol. The maximum absolute atomic E-state index is 9.00. The van der Waals surface area contributed by atoms with Crippen molar-refractivity contribution in [2.45, 2.75) is 27.7 Å². The standard InChI is InChI=1S/4C2H4O2.3H3N/c4*1-2(3)4;;;/h4*1H3,(H,3,4);3*1H3. The Bertz CT molecular complexity index is 168. The van der Waals surface area contributed by atoms with Gasteiger partial charge in [0.2, 0.25) is 0 Å². The fourth-order valence-corrected chi connectivity index (χ4v) is 0. The molecule has 0 aliphatic heterocycles. The van der Waals surface area contributed by atoms with E-state index in [1.165, 1.54) is 0 Å². The van der Waals surface area contributed by atoms with Crippen LogP contribution in [0.5, 0.6) is 0 Å². The summed E-state index contributed by atoms with van der Waals surface area (Å²) in [6, 6.07) is 0. The van der Waals surface area contributed by atoms with Crippen molar-refractivity contribution < 1.29 is 39.6 Å². The first-order valence-corrected chi connectivity index (χ1v) is 3.71. The number of hydrogen-bond acceptors (Lipinski definition) is 7. The molecule has 0 bridgehead atoms. The van der Waals surface area contributed by atoms with Crippen LogP contribution in [0.1, 0.15) is 27.7 Å². The lowest BCUT2D eigenvalue weighted by Gasteiger charge is -1.59. The molecule has 0 aromatic carbocycles. The Morgan fingerprint density at radius 3 is 0.474 bits per heavy atom. The zero-order valence-corrected chi connectivity index (χ0v) is 11.5. The maximum Gasteiger partial charge on any atom is 0.300 e. The minimum absolute atomic E-state index is 0. The summed E-state index contributed by atoms with van der Waals surface area (Å²) in [6.07, 6.45) is 0. The van der Waals surface area contributed by atoms with E-state index in [9.17, 15) is 0 Å². The number of aliphatic carboxylic acids is 4. The number of carbonyl (C=O) groups is 4. The van der Waals surface area contributed by atoms with E-state index in [0.29, 0.717) is 0 Å². The van der Waals surface area contributed by atoms with Crippen molar-refractivity contribution in [1.29, 1.82) is 0 Å². The molecule has 0 atom stereocenters. The minimum Gasteiger partial charge on any atom is -0.481 e. The van der Waals surface area contributed by atoms with E-state index in [1.54, 1.807) is 0 Å². The van der Waals surface area contributed by atoms with Crippen LogP contribution in [0.15, 0.2) is 0 Å². The van der Waals surface area contributed by atoms with E-state index in [2.05, 4.69) is 0 Å². The lowest BCUT2D eigenvalue weighted by Crippen LogP contribution is -1.78. The molecule has 11 nitrogen and oxygen atoms in total. The first kappa shape index (κ1) is 43.7. The van der Waals surface area contributed by atoms with Crippen LogP contribution < -0.4 is 18.5 Å². The molecule has 0 aromatic heterocycles. The van der Waals surface area contributed by atoms with E-state index in [1.807, 2.05) is 0 Å².